The summed E-state index contributed by atoms with van der Waals surface area (Å²) in [6, 6.07) is -0.831. The van der Waals surface area contributed by atoms with E-state index in [1.807, 2.05) is 6.08 Å². The number of hydrogen-bond donors (Lipinski definition) is 6. The molecule has 0 spiro atoms. The van der Waals surface area contributed by atoms with Gasteiger partial charge in [-0.1, -0.05) is 336 Å². The van der Waals surface area contributed by atoms with Gasteiger partial charge >= 0.3 is 0 Å². The predicted molar refractivity (Wildman–Crippen MR) is 368 cm³/mol. The van der Waals surface area contributed by atoms with E-state index in [9.17, 15) is 30.3 Å². The van der Waals surface area contributed by atoms with Crippen molar-refractivity contribution in [3.63, 3.8) is 0 Å². The SMILES string of the molecule is CC/C=C\C/C=C\C/C=C\C/C=C\CCCCCCCCCCCCCCCCCCCCCCCCCCCCCCC(=O)NC(COC1OC(CO)C(O)C(O)C1O)C(O)/C=C/CC/C=C/CC/C=C/CCCCCCCCCCCCCC. The molecular formula is C77H139NO8. The second kappa shape index (κ2) is 65.3. The first-order chi connectivity index (χ1) is 42.3. The van der Waals surface area contributed by atoms with Crippen molar-refractivity contribution in [1.82, 2.24) is 5.32 Å². The second-order valence-electron chi connectivity index (χ2n) is 25.3. The first-order valence-corrected chi connectivity index (χ1v) is 36.8. The molecule has 6 N–H and O–H groups in total. The molecule has 7 atom stereocenters. The standard InChI is InChI=1S/C77H139NO8/c1-3-5-7-9-11-13-15-17-19-21-23-25-27-28-29-30-31-32-33-34-35-36-37-38-39-40-41-42-43-44-45-47-49-51-53-55-57-59-61-63-65-67-73(81)78-70(69-85-77-76(84)75(83)74(82)72(68-79)86-77)71(80)66-64-62-60-58-56-54-52-50-48-46-26-24-22-20-18-16-14-12-10-8-6-4-2/h5,7,11,13,17,19,23,25,48,50,56,58,64,66,70-72,74-77,79-80,82-84H,3-4,6,8-10,12,14-16,18,20-22,24,26-47,49,51-55,57,59-63,65,67-69H2,1-2H3,(H,78,81)/b7-5-,13-11-,19-17-,25-23-,50-48+,58-56+,66-64+. The van der Waals surface area contributed by atoms with E-state index in [0.29, 0.717) is 6.42 Å². The highest BCUT2D eigenvalue weighted by Crippen LogP contribution is 2.23. The maximum atomic E-state index is 13.1. The number of ether oxygens (including phenoxy) is 2. The number of rotatable bonds is 64. The lowest BCUT2D eigenvalue weighted by molar-refractivity contribution is -0.302. The molecule has 0 radical (unpaired) electrons. The van der Waals surface area contributed by atoms with Crippen LogP contribution in [0.2, 0.25) is 0 Å². The molecule has 86 heavy (non-hydrogen) atoms. The van der Waals surface area contributed by atoms with Gasteiger partial charge in [-0.25, -0.2) is 0 Å². The molecule has 1 heterocycles. The number of carbonyl (C=O) groups is 1. The molecule has 1 aliphatic rings. The van der Waals surface area contributed by atoms with Gasteiger partial charge in [-0.2, -0.15) is 0 Å². The molecule has 1 aliphatic heterocycles. The lowest BCUT2D eigenvalue weighted by Crippen LogP contribution is -2.60. The van der Waals surface area contributed by atoms with E-state index in [1.54, 1.807) is 6.08 Å². The zero-order chi connectivity index (χ0) is 62.1. The third-order valence-electron chi connectivity index (χ3n) is 17.2. The van der Waals surface area contributed by atoms with E-state index in [1.165, 1.54) is 250 Å². The van der Waals surface area contributed by atoms with Crippen LogP contribution in [0.5, 0.6) is 0 Å². The molecule has 0 aliphatic carbocycles. The molecule has 0 saturated carbocycles. The van der Waals surface area contributed by atoms with Crippen LogP contribution in [0, 0.1) is 0 Å². The summed E-state index contributed by atoms with van der Waals surface area (Å²) in [7, 11) is 0. The number of amides is 1. The molecule has 0 aromatic rings. The van der Waals surface area contributed by atoms with Gasteiger partial charge in [0, 0.05) is 6.42 Å². The Hall–Kier alpha value is -2.63. The summed E-state index contributed by atoms with van der Waals surface area (Å²) >= 11 is 0. The van der Waals surface area contributed by atoms with Crippen LogP contribution in [0.15, 0.2) is 85.1 Å². The van der Waals surface area contributed by atoms with E-state index in [-0.39, 0.29) is 12.5 Å². The Kier molecular flexibility index (Phi) is 61.8. The molecule has 0 aromatic heterocycles. The average Bonchev–Trinajstić information content (AvgIpc) is 2.36. The quantitative estimate of drug-likeness (QED) is 0.0261. The maximum absolute atomic E-state index is 13.1. The molecule has 0 aromatic carbocycles. The number of aliphatic hydroxyl groups excluding tert-OH is 5. The number of unbranched alkanes of at least 4 members (excludes halogenated alkanes) is 42. The summed E-state index contributed by atoms with van der Waals surface area (Å²) < 4.78 is 11.3. The summed E-state index contributed by atoms with van der Waals surface area (Å²) in [6.07, 6.45) is 87.2. The Bertz CT molecular complexity index is 1640. The molecule has 1 fully saturated rings. The maximum Gasteiger partial charge on any atom is 0.220 e. The number of aliphatic hydroxyl groups is 5. The zero-order valence-electron chi connectivity index (χ0n) is 56.1. The first-order valence-electron chi connectivity index (χ1n) is 36.8. The van der Waals surface area contributed by atoms with Gasteiger partial charge in [0.1, 0.15) is 24.4 Å². The number of nitrogens with one attached hydrogen (secondary N) is 1. The monoisotopic (exact) mass is 1210 g/mol. The zero-order valence-corrected chi connectivity index (χ0v) is 56.1. The molecule has 9 nitrogen and oxygen atoms in total. The Morgan fingerprint density at radius 3 is 1.12 bits per heavy atom. The highest BCUT2D eigenvalue weighted by atomic mass is 16.7. The minimum atomic E-state index is -1.58. The van der Waals surface area contributed by atoms with Gasteiger partial charge < -0.3 is 40.3 Å². The fourth-order valence-corrected chi connectivity index (χ4v) is 11.5. The minimum absolute atomic E-state index is 0.186. The Labute approximate surface area is 531 Å². The lowest BCUT2D eigenvalue weighted by Gasteiger charge is -2.40. The Morgan fingerprint density at radius 1 is 0.407 bits per heavy atom. The summed E-state index contributed by atoms with van der Waals surface area (Å²) in [5, 5.41) is 54.7. The van der Waals surface area contributed by atoms with E-state index in [0.717, 1.165) is 70.6 Å². The molecule has 9 heteroatoms. The van der Waals surface area contributed by atoms with Crippen molar-refractivity contribution < 1.29 is 39.8 Å². The highest BCUT2D eigenvalue weighted by molar-refractivity contribution is 5.76. The van der Waals surface area contributed by atoms with Crippen molar-refractivity contribution in [2.24, 2.45) is 0 Å². The molecule has 1 saturated heterocycles. The number of carbonyl (C=O) groups excluding carboxylic acids is 1. The van der Waals surface area contributed by atoms with Gasteiger partial charge in [0.2, 0.25) is 5.91 Å². The van der Waals surface area contributed by atoms with Gasteiger partial charge in [0.15, 0.2) is 6.29 Å². The van der Waals surface area contributed by atoms with Gasteiger partial charge in [-0.15, -0.1) is 0 Å². The molecular weight excluding hydrogens is 1070 g/mol. The van der Waals surface area contributed by atoms with E-state index >= 15 is 0 Å². The summed E-state index contributed by atoms with van der Waals surface area (Å²) in [4.78, 5) is 13.1. The number of hydrogen-bond acceptors (Lipinski definition) is 8. The number of allylic oxidation sites excluding steroid dienone is 13. The van der Waals surface area contributed by atoms with Crippen molar-refractivity contribution in [2.75, 3.05) is 13.2 Å². The van der Waals surface area contributed by atoms with Crippen molar-refractivity contribution in [2.45, 2.75) is 384 Å². The van der Waals surface area contributed by atoms with Crippen LogP contribution >= 0.6 is 0 Å². The molecule has 0 bridgehead atoms. The van der Waals surface area contributed by atoms with Crippen LogP contribution in [-0.2, 0) is 14.3 Å². The van der Waals surface area contributed by atoms with E-state index < -0.39 is 49.5 Å². The fourth-order valence-electron chi connectivity index (χ4n) is 11.5. The van der Waals surface area contributed by atoms with Crippen molar-refractivity contribution in [1.29, 1.82) is 0 Å². The first kappa shape index (κ1) is 81.4. The Morgan fingerprint density at radius 2 is 0.733 bits per heavy atom. The molecule has 500 valence electrons. The van der Waals surface area contributed by atoms with Gasteiger partial charge in [-0.3, -0.25) is 4.79 Å². The van der Waals surface area contributed by atoms with Gasteiger partial charge in [-0.05, 0) is 83.5 Å². The van der Waals surface area contributed by atoms with Crippen LogP contribution in [0.1, 0.15) is 341 Å². The summed E-state index contributed by atoms with van der Waals surface area (Å²) in [6.45, 7) is 3.68. The van der Waals surface area contributed by atoms with Crippen molar-refractivity contribution in [3.8, 4) is 0 Å². The minimum Gasteiger partial charge on any atom is -0.394 e. The van der Waals surface area contributed by atoms with Crippen molar-refractivity contribution >= 4 is 5.91 Å². The largest absolute Gasteiger partial charge is 0.394 e. The predicted octanol–water partition coefficient (Wildman–Crippen LogP) is 20.5. The molecule has 7 unspecified atom stereocenters. The van der Waals surface area contributed by atoms with Gasteiger partial charge in [0.05, 0.1) is 25.4 Å². The average molecular weight is 1210 g/mol. The summed E-state index contributed by atoms with van der Waals surface area (Å²) in [5.74, 6) is -0.186. The van der Waals surface area contributed by atoms with Crippen molar-refractivity contribution in [3.05, 3.63) is 85.1 Å². The van der Waals surface area contributed by atoms with Crippen LogP contribution in [-0.4, -0.2) is 87.5 Å². The van der Waals surface area contributed by atoms with Gasteiger partial charge in [0.25, 0.3) is 0 Å². The van der Waals surface area contributed by atoms with Crippen LogP contribution in [0.25, 0.3) is 0 Å². The smallest absolute Gasteiger partial charge is 0.220 e. The topological polar surface area (TPSA) is 149 Å². The summed E-state index contributed by atoms with van der Waals surface area (Å²) in [5.41, 5.74) is 0. The molecule has 1 rings (SSSR count). The lowest BCUT2D eigenvalue weighted by atomic mass is 9.99. The van der Waals surface area contributed by atoms with E-state index in [4.69, 9.17) is 9.47 Å². The van der Waals surface area contributed by atoms with Crippen LogP contribution in [0.4, 0.5) is 0 Å². The van der Waals surface area contributed by atoms with Crippen LogP contribution in [0.3, 0.4) is 0 Å². The highest BCUT2D eigenvalue weighted by Gasteiger charge is 2.44. The Balaban J connectivity index is 2.07. The second-order valence-corrected chi connectivity index (χ2v) is 25.3. The van der Waals surface area contributed by atoms with Crippen LogP contribution < -0.4 is 5.32 Å². The van der Waals surface area contributed by atoms with E-state index in [2.05, 4.69) is 92.1 Å². The molecule has 1 amide bonds. The third-order valence-corrected chi connectivity index (χ3v) is 17.2. The fraction of sp³-hybridized carbons (Fsp3) is 0.805. The third kappa shape index (κ3) is 53.2. The normalized spacial score (nSPS) is 18.5.